The quantitative estimate of drug-likeness (QED) is 0.548. The van der Waals surface area contributed by atoms with Crippen LogP contribution >= 0.6 is 11.3 Å². The molecule has 33 heavy (non-hydrogen) atoms. The fourth-order valence-corrected chi connectivity index (χ4v) is 5.40. The second-order valence-electron chi connectivity index (χ2n) is 7.53. The van der Waals surface area contributed by atoms with Gasteiger partial charge in [0.1, 0.15) is 5.75 Å². The number of anilines is 2. The van der Waals surface area contributed by atoms with E-state index in [1.807, 2.05) is 17.2 Å². The number of benzene rings is 2. The lowest BCUT2D eigenvalue weighted by molar-refractivity contribution is 0.0767. The molecule has 1 saturated heterocycles. The van der Waals surface area contributed by atoms with Crippen molar-refractivity contribution in [2.24, 2.45) is 0 Å². The van der Waals surface area contributed by atoms with Gasteiger partial charge in [-0.25, -0.2) is 13.4 Å². The topological polar surface area (TPSA) is 91.8 Å². The summed E-state index contributed by atoms with van der Waals surface area (Å²) in [7, 11) is -3.77. The van der Waals surface area contributed by atoms with E-state index in [1.54, 1.807) is 53.9 Å². The average molecular weight is 487 g/mol. The summed E-state index contributed by atoms with van der Waals surface area (Å²) in [4.78, 5) is 21.5. The molecule has 2 heterocycles. The van der Waals surface area contributed by atoms with E-state index in [9.17, 15) is 13.2 Å². The van der Waals surface area contributed by atoms with Crippen molar-refractivity contribution >= 4 is 38.1 Å². The third-order valence-electron chi connectivity index (χ3n) is 5.30. The van der Waals surface area contributed by atoms with Gasteiger partial charge >= 0.3 is 0 Å². The molecule has 1 amide bonds. The lowest BCUT2D eigenvalue weighted by Crippen LogP contribution is -2.35. The van der Waals surface area contributed by atoms with Crippen molar-refractivity contribution in [3.8, 4) is 5.75 Å². The van der Waals surface area contributed by atoms with Crippen molar-refractivity contribution in [2.75, 3.05) is 42.4 Å². The number of nitrogens with one attached hydrogen (secondary N) is 1. The predicted molar refractivity (Wildman–Crippen MR) is 130 cm³/mol. The summed E-state index contributed by atoms with van der Waals surface area (Å²) >= 11 is 1.59. The van der Waals surface area contributed by atoms with Gasteiger partial charge in [-0.2, -0.15) is 0 Å². The summed E-state index contributed by atoms with van der Waals surface area (Å²) in [6.45, 7) is 5.24. The molecule has 1 aliphatic rings. The Morgan fingerprint density at radius 1 is 1.06 bits per heavy atom. The Morgan fingerprint density at radius 2 is 1.82 bits per heavy atom. The smallest absolute Gasteiger partial charge is 0.261 e. The molecule has 0 radical (unpaired) electrons. The van der Waals surface area contributed by atoms with Crippen LogP contribution in [0.3, 0.4) is 0 Å². The minimum absolute atomic E-state index is 0.0961. The molecular weight excluding hydrogens is 460 g/mol. The molecular formula is C23H26N4O4S2. The average Bonchev–Trinajstić information content (AvgIpc) is 3.25. The first kappa shape index (κ1) is 23.1. The zero-order valence-corrected chi connectivity index (χ0v) is 19.9. The monoisotopic (exact) mass is 486 g/mol. The standard InChI is InChI=1S/C23H26N4O4S2/c1-2-31-20-8-6-19(7-9-20)25-33(29,30)21-10-4-18(5-11-21)22(28)26-13-3-14-27(16-15-26)23-24-12-17-32-23/h4-12,17,25H,2-3,13-16H2,1H3. The fraction of sp³-hybridized carbons (Fsp3) is 0.304. The highest BCUT2D eigenvalue weighted by Crippen LogP contribution is 2.22. The first-order valence-electron chi connectivity index (χ1n) is 10.8. The largest absolute Gasteiger partial charge is 0.494 e. The lowest BCUT2D eigenvalue weighted by Gasteiger charge is -2.22. The molecule has 174 valence electrons. The van der Waals surface area contributed by atoms with E-state index in [1.165, 1.54) is 12.1 Å². The number of carbonyl (C=O) groups excluding carboxylic acids is 1. The van der Waals surface area contributed by atoms with Crippen LogP contribution in [0.5, 0.6) is 5.75 Å². The van der Waals surface area contributed by atoms with Gasteiger partial charge in [0.05, 0.1) is 11.5 Å². The second kappa shape index (κ2) is 10.2. The van der Waals surface area contributed by atoms with E-state index < -0.39 is 10.0 Å². The van der Waals surface area contributed by atoms with Crippen molar-refractivity contribution in [1.29, 1.82) is 0 Å². The third kappa shape index (κ3) is 5.63. The van der Waals surface area contributed by atoms with Crippen LogP contribution in [-0.4, -0.2) is 57.0 Å². The van der Waals surface area contributed by atoms with Crippen LogP contribution in [-0.2, 0) is 10.0 Å². The molecule has 3 aromatic rings. The summed E-state index contributed by atoms with van der Waals surface area (Å²) in [5, 5.41) is 2.92. The van der Waals surface area contributed by atoms with Crippen molar-refractivity contribution in [3.63, 3.8) is 0 Å². The van der Waals surface area contributed by atoms with E-state index in [0.29, 0.717) is 36.7 Å². The zero-order chi connectivity index (χ0) is 23.3. The number of rotatable bonds is 7. The number of carbonyl (C=O) groups is 1. The maximum absolute atomic E-state index is 13.0. The predicted octanol–water partition coefficient (Wildman–Crippen LogP) is 3.70. The first-order valence-corrected chi connectivity index (χ1v) is 13.1. The number of ether oxygens (including phenoxy) is 1. The van der Waals surface area contributed by atoms with Crippen LogP contribution in [0, 0.1) is 0 Å². The molecule has 0 aliphatic carbocycles. The Balaban J connectivity index is 1.40. The first-order chi connectivity index (χ1) is 16.0. The van der Waals surface area contributed by atoms with Gasteiger partial charge in [-0.3, -0.25) is 9.52 Å². The van der Waals surface area contributed by atoms with Crippen LogP contribution in [0.1, 0.15) is 23.7 Å². The van der Waals surface area contributed by atoms with Gasteiger partial charge in [0.15, 0.2) is 5.13 Å². The second-order valence-corrected chi connectivity index (χ2v) is 10.1. The van der Waals surface area contributed by atoms with E-state index in [-0.39, 0.29) is 10.8 Å². The minimum atomic E-state index is -3.77. The molecule has 4 rings (SSSR count). The maximum Gasteiger partial charge on any atom is 0.261 e. The molecule has 0 saturated carbocycles. The van der Waals surface area contributed by atoms with Gasteiger partial charge in [0, 0.05) is 49.0 Å². The highest BCUT2D eigenvalue weighted by Gasteiger charge is 2.22. The highest BCUT2D eigenvalue weighted by atomic mass is 32.2. The molecule has 0 atom stereocenters. The number of hydrogen-bond acceptors (Lipinski definition) is 7. The summed E-state index contributed by atoms with van der Waals surface area (Å²) in [5.41, 5.74) is 0.908. The molecule has 1 N–H and O–H groups in total. The zero-order valence-electron chi connectivity index (χ0n) is 18.3. The highest BCUT2D eigenvalue weighted by molar-refractivity contribution is 7.92. The Kier molecular flexibility index (Phi) is 7.14. The van der Waals surface area contributed by atoms with E-state index in [2.05, 4.69) is 14.6 Å². The molecule has 0 spiro atoms. The SMILES string of the molecule is CCOc1ccc(NS(=O)(=O)c2ccc(C(=O)N3CCCN(c4nccs4)CC3)cc2)cc1. The van der Waals surface area contributed by atoms with Crippen LogP contribution in [0.15, 0.2) is 65.0 Å². The van der Waals surface area contributed by atoms with Crippen LogP contribution in [0.4, 0.5) is 10.8 Å². The maximum atomic E-state index is 13.0. The third-order valence-corrected chi connectivity index (χ3v) is 7.53. The Hall–Kier alpha value is -3.11. The van der Waals surface area contributed by atoms with Gasteiger partial charge in [0.25, 0.3) is 15.9 Å². The summed E-state index contributed by atoms with van der Waals surface area (Å²) in [6.07, 6.45) is 2.64. The Morgan fingerprint density at radius 3 is 2.48 bits per heavy atom. The number of thiazole rings is 1. The summed E-state index contributed by atoms with van der Waals surface area (Å²) in [6, 6.07) is 12.8. The Bertz CT molecular complexity index is 1160. The Labute approximate surface area is 197 Å². The molecule has 0 unspecified atom stereocenters. The van der Waals surface area contributed by atoms with Crippen molar-refractivity contribution in [1.82, 2.24) is 9.88 Å². The number of sulfonamides is 1. The van der Waals surface area contributed by atoms with Gasteiger partial charge in [-0.1, -0.05) is 0 Å². The number of amides is 1. The van der Waals surface area contributed by atoms with Crippen molar-refractivity contribution < 1.29 is 17.9 Å². The molecule has 2 aromatic carbocycles. The number of nitrogens with zero attached hydrogens (tertiary/aromatic N) is 3. The molecule has 8 nitrogen and oxygen atoms in total. The van der Waals surface area contributed by atoms with E-state index in [0.717, 1.165) is 24.6 Å². The van der Waals surface area contributed by atoms with Crippen LogP contribution in [0.25, 0.3) is 0 Å². The molecule has 1 aromatic heterocycles. The molecule has 1 aliphatic heterocycles. The molecule has 0 bridgehead atoms. The van der Waals surface area contributed by atoms with E-state index >= 15 is 0 Å². The summed E-state index contributed by atoms with van der Waals surface area (Å²) in [5.74, 6) is 0.575. The lowest BCUT2D eigenvalue weighted by atomic mass is 10.2. The van der Waals surface area contributed by atoms with E-state index in [4.69, 9.17) is 4.74 Å². The van der Waals surface area contributed by atoms with Crippen LogP contribution < -0.4 is 14.4 Å². The van der Waals surface area contributed by atoms with Crippen molar-refractivity contribution in [2.45, 2.75) is 18.2 Å². The van der Waals surface area contributed by atoms with Gasteiger partial charge < -0.3 is 14.5 Å². The normalized spacial score (nSPS) is 14.6. The summed E-state index contributed by atoms with van der Waals surface area (Å²) < 4.78 is 33.4. The van der Waals surface area contributed by atoms with Gasteiger partial charge in [-0.05, 0) is 61.9 Å². The number of aromatic nitrogens is 1. The van der Waals surface area contributed by atoms with Gasteiger partial charge in [0.2, 0.25) is 0 Å². The van der Waals surface area contributed by atoms with Gasteiger partial charge in [-0.15, -0.1) is 11.3 Å². The fourth-order valence-electron chi connectivity index (χ4n) is 3.64. The van der Waals surface area contributed by atoms with Crippen molar-refractivity contribution in [3.05, 3.63) is 65.7 Å². The molecule has 1 fully saturated rings. The number of hydrogen-bond donors (Lipinski definition) is 1. The van der Waals surface area contributed by atoms with Crippen LogP contribution in [0.2, 0.25) is 0 Å². The molecule has 10 heteroatoms. The minimum Gasteiger partial charge on any atom is -0.494 e.